The smallest absolute Gasteiger partial charge is 0.269 e. The van der Waals surface area contributed by atoms with Gasteiger partial charge in [0.2, 0.25) is 0 Å². The van der Waals surface area contributed by atoms with Crippen molar-refractivity contribution in [1.29, 1.82) is 0 Å². The molecule has 2 heterocycles. The molecule has 1 aliphatic heterocycles. The number of hydrogen-bond donors (Lipinski definition) is 0. The first-order valence-electron chi connectivity index (χ1n) is 7.11. The van der Waals surface area contributed by atoms with Crippen LogP contribution in [-0.4, -0.2) is 27.8 Å². The topological polar surface area (TPSA) is 64.2 Å². The number of nitro groups is 1. The number of hydrogen-bond acceptors (Lipinski definition) is 4. The van der Waals surface area contributed by atoms with E-state index in [4.69, 9.17) is 0 Å². The Morgan fingerprint density at radius 1 is 1.24 bits per heavy atom. The van der Waals surface area contributed by atoms with Crippen molar-refractivity contribution in [2.45, 2.75) is 18.8 Å². The van der Waals surface area contributed by atoms with Crippen molar-refractivity contribution in [3.05, 3.63) is 52.3 Å². The third-order valence-electron chi connectivity index (χ3n) is 4.12. The first-order valence-corrected chi connectivity index (χ1v) is 7.11. The fraction of sp³-hybridized carbons (Fsp3) is 0.400. The van der Waals surface area contributed by atoms with Crippen molar-refractivity contribution >= 4 is 11.4 Å². The molecule has 1 fully saturated rings. The summed E-state index contributed by atoms with van der Waals surface area (Å²) in [5, 5.41) is 14.9. The zero-order valence-electron chi connectivity index (χ0n) is 12.0. The maximum Gasteiger partial charge on any atom is 0.269 e. The number of aromatic nitrogens is 2. The second-order valence-corrected chi connectivity index (χ2v) is 5.48. The van der Waals surface area contributed by atoms with E-state index in [1.807, 2.05) is 30.1 Å². The Morgan fingerprint density at radius 3 is 2.43 bits per heavy atom. The van der Waals surface area contributed by atoms with Gasteiger partial charge in [-0.3, -0.25) is 14.8 Å². The lowest BCUT2D eigenvalue weighted by molar-refractivity contribution is -0.384. The first-order chi connectivity index (χ1) is 10.1. The maximum absolute atomic E-state index is 10.7. The Bertz CT molecular complexity index is 627. The lowest BCUT2D eigenvalue weighted by Gasteiger charge is -2.33. The predicted molar refractivity (Wildman–Crippen MR) is 80.5 cm³/mol. The van der Waals surface area contributed by atoms with Gasteiger partial charge in [-0.1, -0.05) is 0 Å². The molecule has 0 aliphatic carbocycles. The molecule has 0 saturated carbocycles. The summed E-state index contributed by atoms with van der Waals surface area (Å²) < 4.78 is 1.85. The molecule has 110 valence electrons. The van der Waals surface area contributed by atoms with Gasteiger partial charge < -0.3 is 4.90 Å². The summed E-state index contributed by atoms with van der Waals surface area (Å²) in [7, 11) is 1.94. The van der Waals surface area contributed by atoms with Crippen LogP contribution in [-0.2, 0) is 7.05 Å². The van der Waals surface area contributed by atoms with Gasteiger partial charge in [-0.2, -0.15) is 5.10 Å². The molecule has 3 rings (SSSR count). The van der Waals surface area contributed by atoms with Gasteiger partial charge >= 0.3 is 0 Å². The fourth-order valence-electron chi connectivity index (χ4n) is 2.91. The maximum atomic E-state index is 10.7. The van der Waals surface area contributed by atoms with Crippen LogP contribution in [0.15, 0.2) is 36.7 Å². The third kappa shape index (κ3) is 2.89. The Labute approximate surface area is 123 Å². The first kappa shape index (κ1) is 13.6. The van der Waals surface area contributed by atoms with E-state index < -0.39 is 0 Å². The molecule has 0 atom stereocenters. The molecule has 6 nitrogen and oxygen atoms in total. The number of piperidine rings is 1. The van der Waals surface area contributed by atoms with Crippen LogP contribution < -0.4 is 4.90 Å². The van der Waals surface area contributed by atoms with Crippen molar-refractivity contribution < 1.29 is 4.92 Å². The highest BCUT2D eigenvalue weighted by atomic mass is 16.6. The van der Waals surface area contributed by atoms with E-state index in [0.29, 0.717) is 5.92 Å². The summed E-state index contributed by atoms with van der Waals surface area (Å²) in [4.78, 5) is 12.6. The monoisotopic (exact) mass is 286 g/mol. The molecule has 1 aromatic carbocycles. The summed E-state index contributed by atoms with van der Waals surface area (Å²) in [6.07, 6.45) is 6.21. The fourth-order valence-corrected chi connectivity index (χ4v) is 2.91. The molecule has 0 bridgehead atoms. The molecule has 1 aliphatic rings. The molecule has 0 N–H and O–H groups in total. The van der Waals surface area contributed by atoms with Crippen LogP contribution in [0.2, 0.25) is 0 Å². The highest BCUT2D eigenvalue weighted by Crippen LogP contribution is 2.30. The van der Waals surface area contributed by atoms with E-state index in [-0.39, 0.29) is 10.6 Å². The number of aryl methyl sites for hydroxylation is 1. The molecule has 0 amide bonds. The number of nitrogens with zero attached hydrogens (tertiary/aromatic N) is 4. The van der Waals surface area contributed by atoms with Gasteiger partial charge in [-0.25, -0.2) is 0 Å². The summed E-state index contributed by atoms with van der Waals surface area (Å²) in [6, 6.07) is 6.82. The lowest BCUT2D eigenvalue weighted by Crippen LogP contribution is -2.32. The molecular weight excluding hydrogens is 268 g/mol. The van der Waals surface area contributed by atoms with Crippen LogP contribution in [0.25, 0.3) is 0 Å². The van der Waals surface area contributed by atoms with Crippen LogP contribution in [0.4, 0.5) is 11.4 Å². The molecule has 0 unspecified atom stereocenters. The molecule has 0 spiro atoms. The van der Waals surface area contributed by atoms with Crippen LogP contribution in [0.1, 0.15) is 24.3 Å². The second kappa shape index (κ2) is 5.55. The third-order valence-corrected chi connectivity index (χ3v) is 4.12. The van der Waals surface area contributed by atoms with Crippen LogP contribution >= 0.6 is 0 Å². The largest absolute Gasteiger partial charge is 0.371 e. The van der Waals surface area contributed by atoms with E-state index in [1.54, 1.807) is 12.1 Å². The van der Waals surface area contributed by atoms with Crippen molar-refractivity contribution in [1.82, 2.24) is 9.78 Å². The van der Waals surface area contributed by atoms with E-state index in [1.165, 1.54) is 5.56 Å². The van der Waals surface area contributed by atoms with Gasteiger partial charge in [0.15, 0.2) is 0 Å². The van der Waals surface area contributed by atoms with Gasteiger partial charge in [0, 0.05) is 44.2 Å². The minimum absolute atomic E-state index is 0.143. The summed E-state index contributed by atoms with van der Waals surface area (Å²) >= 11 is 0. The molecule has 6 heteroatoms. The molecule has 0 radical (unpaired) electrons. The Balaban J connectivity index is 1.64. The average molecular weight is 286 g/mol. The lowest BCUT2D eigenvalue weighted by atomic mass is 9.91. The molecule has 2 aromatic rings. The predicted octanol–water partition coefficient (Wildman–Crippen LogP) is 2.71. The Kier molecular flexibility index (Phi) is 3.60. The van der Waals surface area contributed by atoms with Crippen molar-refractivity contribution in [3.63, 3.8) is 0 Å². The standard InChI is InChI=1S/C15H18N4O2/c1-17-11-13(10-16-17)12-6-8-18(9-7-12)14-2-4-15(5-3-14)19(20)21/h2-5,10-12H,6-9H2,1H3. The van der Waals surface area contributed by atoms with Crippen LogP contribution in [0.5, 0.6) is 0 Å². The van der Waals surface area contributed by atoms with E-state index in [2.05, 4.69) is 16.2 Å². The summed E-state index contributed by atoms with van der Waals surface area (Å²) in [5.41, 5.74) is 2.51. The van der Waals surface area contributed by atoms with Crippen LogP contribution in [0, 0.1) is 10.1 Å². The highest BCUT2D eigenvalue weighted by Gasteiger charge is 2.22. The van der Waals surface area contributed by atoms with Gasteiger partial charge in [-0.15, -0.1) is 0 Å². The summed E-state index contributed by atoms with van der Waals surface area (Å²) in [5.74, 6) is 0.563. The number of non-ortho nitro benzene ring substituents is 1. The number of anilines is 1. The Hall–Kier alpha value is -2.37. The van der Waals surface area contributed by atoms with Gasteiger partial charge in [0.25, 0.3) is 5.69 Å². The number of rotatable bonds is 3. The second-order valence-electron chi connectivity index (χ2n) is 5.48. The Morgan fingerprint density at radius 2 is 1.90 bits per heavy atom. The van der Waals surface area contributed by atoms with Crippen LogP contribution in [0.3, 0.4) is 0 Å². The minimum Gasteiger partial charge on any atom is -0.371 e. The molecule has 21 heavy (non-hydrogen) atoms. The normalized spacial score (nSPS) is 16.1. The highest BCUT2D eigenvalue weighted by molar-refractivity contribution is 5.51. The number of nitro benzene ring substituents is 1. The van der Waals surface area contributed by atoms with Gasteiger partial charge in [-0.05, 0) is 36.5 Å². The molecular formula is C15H18N4O2. The van der Waals surface area contributed by atoms with E-state index in [0.717, 1.165) is 31.6 Å². The SMILES string of the molecule is Cn1cc(C2CCN(c3ccc([N+](=O)[O-])cc3)CC2)cn1. The van der Waals surface area contributed by atoms with Gasteiger partial charge in [0.1, 0.15) is 0 Å². The van der Waals surface area contributed by atoms with E-state index in [9.17, 15) is 10.1 Å². The molecule has 1 saturated heterocycles. The number of benzene rings is 1. The van der Waals surface area contributed by atoms with Crippen molar-refractivity contribution in [2.75, 3.05) is 18.0 Å². The zero-order chi connectivity index (χ0) is 14.8. The van der Waals surface area contributed by atoms with E-state index >= 15 is 0 Å². The zero-order valence-corrected chi connectivity index (χ0v) is 12.0. The minimum atomic E-state index is -0.363. The summed E-state index contributed by atoms with van der Waals surface area (Å²) in [6.45, 7) is 1.94. The quantitative estimate of drug-likeness (QED) is 0.643. The average Bonchev–Trinajstić information content (AvgIpc) is 2.94. The molecule has 1 aromatic heterocycles. The van der Waals surface area contributed by atoms with Crippen molar-refractivity contribution in [3.8, 4) is 0 Å². The van der Waals surface area contributed by atoms with Gasteiger partial charge in [0.05, 0.1) is 11.1 Å². The van der Waals surface area contributed by atoms with Crippen molar-refractivity contribution in [2.24, 2.45) is 7.05 Å².